The second-order valence-corrected chi connectivity index (χ2v) is 10.3. The molecule has 3 aromatic rings. The highest BCUT2D eigenvalue weighted by atomic mass is 32.2. The van der Waals surface area contributed by atoms with Gasteiger partial charge in [-0.2, -0.15) is 4.31 Å². The standard InChI is InChI=1S/C25H27N3O4S/c29-25(26-21-8-10-22(11-9-21)27-14-16-32-17-15-27)24-6-3-13-28(24)33(30,31)23-12-7-19-4-1-2-5-20(19)18-23/h1-2,4-5,7-12,18,24H,3,6,13-17H2,(H,26,29). The summed E-state index contributed by atoms with van der Waals surface area (Å²) in [5.41, 5.74) is 1.74. The van der Waals surface area contributed by atoms with Crippen molar-refractivity contribution in [3.8, 4) is 0 Å². The number of benzene rings is 3. The number of hydrogen-bond acceptors (Lipinski definition) is 5. The molecule has 5 rings (SSSR count). The maximum absolute atomic E-state index is 13.4. The highest BCUT2D eigenvalue weighted by molar-refractivity contribution is 7.89. The third kappa shape index (κ3) is 4.46. The molecule has 3 aromatic carbocycles. The fourth-order valence-electron chi connectivity index (χ4n) is 4.56. The van der Waals surface area contributed by atoms with Crippen molar-refractivity contribution >= 4 is 38.1 Å². The monoisotopic (exact) mass is 465 g/mol. The minimum absolute atomic E-state index is 0.218. The lowest BCUT2D eigenvalue weighted by Gasteiger charge is -2.29. The van der Waals surface area contributed by atoms with E-state index in [0.717, 1.165) is 29.5 Å². The number of rotatable bonds is 5. The lowest BCUT2D eigenvalue weighted by Crippen LogP contribution is -2.43. The minimum Gasteiger partial charge on any atom is -0.378 e. The van der Waals surface area contributed by atoms with E-state index in [-0.39, 0.29) is 10.8 Å². The number of fused-ring (bicyclic) bond motifs is 1. The first kappa shape index (κ1) is 21.9. The molecular weight excluding hydrogens is 438 g/mol. The van der Waals surface area contributed by atoms with Gasteiger partial charge in [0.05, 0.1) is 18.1 Å². The van der Waals surface area contributed by atoms with E-state index in [4.69, 9.17) is 4.74 Å². The normalized spacial score (nSPS) is 19.6. The Morgan fingerprint density at radius 3 is 2.39 bits per heavy atom. The Bertz CT molecular complexity index is 1250. The van der Waals surface area contributed by atoms with E-state index in [0.29, 0.717) is 38.3 Å². The summed E-state index contributed by atoms with van der Waals surface area (Å²) in [5, 5.41) is 4.75. The van der Waals surface area contributed by atoms with Crippen LogP contribution in [-0.4, -0.2) is 57.5 Å². The largest absolute Gasteiger partial charge is 0.378 e. The van der Waals surface area contributed by atoms with Crippen molar-refractivity contribution in [2.45, 2.75) is 23.8 Å². The van der Waals surface area contributed by atoms with Crippen LogP contribution < -0.4 is 10.2 Å². The molecule has 0 spiro atoms. The van der Waals surface area contributed by atoms with Crippen LogP contribution in [0.15, 0.2) is 71.6 Å². The molecule has 172 valence electrons. The Morgan fingerprint density at radius 2 is 1.64 bits per heavy atom. The van der Waals surface area contributed by atoms with Gasteiger partial charge in [0.2, 0.25) is 15.9 Å². The van der Waals surface area contributed by atoms with Gasteiger partial charge in [-0.15, -0.1) is 0 Å². The molecule has 1 unspecified atom stereocenters. The second kappa shape index (κ2) is 9.13. The molecule has 33 heavy (non-hydrogen) atoms. The summed E-state index contributed by atoms with van der Waals surface area (Å²) in [6.45, 7) is 3.44. The number of hydrogen-bond donors (Lipinski definition) is 1. The van der Waals surface area contributed by atoms with Crippen molar-refractivity contribution in [3.63, 3.8) is 0 Å². The maximum Gasteiger partial charge on any atom is 0.243 e. The summed E-state index contributed by atoms with van der Waals surface area (Å²) in [6.07, 6.45) is 1.16. The van der Waals surface area contributed by atoms with Gasteiger partial charge in [-0.1, -0.05) is 30.3 Å². The van der Waals surface area contributed by atoms with E-state index >= 15 is 0 Å². The Labute approximate surface area is 194 Å². The van der Waals surface area contributed by atoms with Crippen LogP contribution in [0.2, 0.25) is 0 Å². The maximum atomic E-state index is 13.4. The van der Waals surface area contributed by atoms with Gasteiger partial charge in [-0.25, -0.2) is 8.42 Å². The van der Waals surface area contributed by atoms with E-state index < -0.39 is 16.1 Å². The minimum atomic E-state index is -3.78. The van der Waals surface area contributed by atoms with Gasteiger partial charge in [-0.05, 0) is 60.0 Å². The molecule has 7 nitrogen and oxygen atoms in total. The lowest BCUT2D eigenvalue weighted by atomic mass is 10.1. The van der Waals surface area contributed by atoms with Crippen molar-refractivity contribution in [1.29, 1.82) is 0 Å². The predicted octanol–water partition coefficient (Wildman–Crippen LogP) is 3.47. The van der Waals surface area contributed by atoms with Crippen LogP contribution in [-0.2, 0) is 19.6 Å². The van der Waals surface area contributed by atoms with E-state index in [9.17, 15) is 13.2 Å². The summed E-state index contributed by atoms with van der Waals surface area (Å²) in [6, 6.07) is 19.7. The zero-order valence-corrected chi connectivity index (χ0v) is 19.1. The number of anilines is 2. The first-order valence-corrected chi connectivity index (χ1v) is 12.7. The molecule has 0 bridgehead atoms. The molecule has 2 saturated heterocycles. The fraction of sp³-hybridized carbons (Fsp3) is 0.320. The van der Waals surface area contributed by atoms with Crippen LogP contribution in [0.4, 0.5) is 11.4 Å². The van der Waals surface area contributed by atoms with Crippen LogP contribution in [0.25, 0.3) is 10.8 Å². The molecule has 1 amide bonds. The highest BCUT2D eigenvalue weighted by Gasteiger charge is 2.39. The van der Waals surface area contributed by atoms with Crippen LogP contribution in [0.5, 0.6) is 0 Å². The molecule has 2 aliphatic heterocycles. The van der Waals surface area contributed by atoms with Crippen LogP contribution >= 0.6 is 0 Å². The first-order chi connectivity index (χ1) is 16.0. The van der Waals surface area contributed by atoms with Crippen molar-refractivity contribution in [3.05, 3.63) is 66.7 Å². The number of carbonyl (C=O) groups excluding carboxylic acids is 1. The SMILES string of the molecule is O=C(Nc1ccc(N2CCOCC2)cc1)C1CCCN1S(=O)(=O)c1ccc2ccccc2c1. The Kier molecular flexibility index (Phi) is 6.05. The molecule has 1 atom stereocenters. The molecule has 2 fully saturated rings. The lowest BCUT2D eigenvalue weighted by molar-refractivity contribution is -0.119. The summed E-state index contributed by atoms with van der Waals surface area (Å²) < 4.78 is 33.5. The zero-order valence-electron chi connectivity index (χ0n) is 18.3. The molecule has 1 N–H and O–H groups in total. The average molecular weight is 466 g/mol. The second-order valence-electron chi connectivity index (χ2n) is 8.42. The molecule has 2 aliphatic rings. The average Bonchev–Trinajstić information content (AvgIpc) is 3.36. The third-order valence-corrected chi connectivity index (χ3v) is 8.25. The summed E-state index contributed by atoms with van der Waals surface area (Å²) in [4.78, 5) is 15.5. The molecule has 0 saturated carbocycles. The summed E-state index contributed by atoms with van der Waals surface area (Å²) in [5.74, 6) is -0.295. The first-order valence-electron chi connectivity index (χ1n) is 11.3. The smallest absolute Gasteiger partial charge is 0.243 e. The van der Waals surface area contributed by atoms with Gasteiger partial charge >= 0.3 is 0 Å². The molecule has 8 heteroatoms. The Balaban J connectivity index is 1.31. The van der Waals surface area contributed by atoms with Crippen LogP contribution in [0, 0.1) is 0 Å². The number of carbonyl (C=O) groups is 1. The number of morpholine rings is 1. The number of amides is 1. The van der Waals surface area contributed by atoms with E-state index in [1.54, 1.807) is 12.1 Å². The van der Waals surface area contributed by atoms with Crippen LogP contribution in [0.1, 0.15) is 12.8 Å². The van der Waals surface area contributed by atoms with E-state index in [2.05, 4.69) is 10.2 Å². The molecular formula is C25H27N3O4S. The quantitative estimate of drug-likeness (QED) is 0.624. The van der Waals surface area contributed by atoms with Gasteiger partial charge in [-0.3, -0.25) is 4.79 Å². The van der Waals surface area contributed by atoms with E-state index in [1.807, 2.05) is 54.6 Å². The van der Waals surface area contributed by atoms with Gasteiger partial charge in [0.15, 0.2) is 0 Å². The summed E-state index contributed by atoms with van der Waals surface area (Å²) in [7, 11) is -3.78. The zero-order chi connectivity index (χ0) is 22.8. The van der Waals surface area contributed by atoms with Gasteiger partial charge < -0.3 is 15.0 Å². The predicted molar refractivity (Wildman–Crippen MR) is 129 cm³/mol. The van der Waals surface area contributed by atoms with Crippen molar-refractivity contribution in [1.82, 2.24) is 4.31 Å². The van der Waals surface area contributed by atoms with Crippen molar-refractivity contribution in [2.75, 3.05) is 43.1 Å². The number of sulfonamides is 1. The number of nitrogens with one attached hydrogen (secondary N) is 1. The molecule has 2 heterocycles. The fourth-order valence-corrected chi connectivity index (χ4v) is 6.25. The van der Waals surface area contributed by atoms with Gasteiger partial charge in [0.25, 0.3) is 0 Å². The molecule has 0 radical (unpaired) electrons. The number of nitrogens with zero attached hydrogens (tertiary/aromatic N) is 2. The number of ether oxygens (including phenoxy) is 1. The van der Waals surface area contributed by atoms with E-state index in [1.165, 1.54) is 4.31 Å². The topological polar surface area (TPSA) is 79.0 Å². The van der Waals surface area contributed by atoms with Gasteiger partial charge in [0, 0.05) is 31.0 Å². The van der Waals surface area contributed by atoms with Crippen LogP contribution in [0.3, 0.4) is 0 Å². The van der Waals surface area contributed by atoms with Crippen molar-refractivity contribution in [2.24, 2.45) is 0 Å². The Hall–Kier alpha value is -2.94. The Morgan fingerprint density at radius 1 is 0.909 bits per heavy atom. The summed E-state index contributed by atoms with van der Waals surface area (Å²) >= 11 is 0. The molecule has 0 aromatic heterocycles. The van der Waals surface area contributed by atoms with Gasteiger partial charge in [0.1, 0.15) is 6.04 Å². The van der Waals surface area contributed by atoms with Crippen molar-refractivity contribution < 1.29 is 17.9 Å². The molecule has 0 aliphatic carbocycles. The third-order valence-electron chi connectivity index (χ3n) is 6.34. The highest BCUT2D eigenvalue weighted by Crippen LogP contribution is 2.29.